The van der Waals surface area contributed by atoms with Crippen LogP contribution in [-0.4, -0.2) is 46.8 Å². The number of nitrogens with zero attached hydrogens (tertiary/aromatic N) is 2. The standard InChI is InChI=1S/C20H26N2O4S/c1-7-21-14(5)17(13(4)18(21)20(25)26-6)15(23)11-22(12(2)3)19(24)16-9-8-10-27-16/h8-10,12H,7,11H2,1-6H3. The molecule has 0 aliphatic heterocycles. The Labute approximate surface area is 163 Å². The number of aromatic nitrogens is 1. The first kappa shape index (κ1) is 20.9. The van der Waals surface area contributed by atoms with E-state index in [1.54, 1.807) is 22.5 Å². The molecule has 0 aliphatic carbocycles. The fraction of sp³-hybridized carbons (Fsp3) is 0.450. The predicted molar refractivity (Wildman–Crippen MR) is 106 cm³/mol. The van der Waals surface area contributed by atoms with Gasteiger partial charge in [0.25, 0.3) is 5.91 Å². The SMILES string of the molecule is CCn1c(C)c(C(=O)CN(C(=O)c2cccs2)C(C)C)c(C)c1C(=O)OC. The van der Waals surface area contributed by atoms with Gasteiger partial charge in [0.15, 0.2) is 5.78 Å². The zero-order valence-electron chi connectivity index (χ0n) is 16.7. The van der Waals surface area contributed by atoms with Crippen LogP contribution in [0.3, 0.4) is 0 Å². The molecular formula is C20H26N2O4S. The van der Waals surface area contributed by atoms with Crippen molar-refractivity contribution in [1.82, 2.24) is 9.47 Å². The third-order valence-electron chi connectivity index (χ3n) is 4.67. The van der Waals surface area contributed by atoms with Crippen LogP contribution >= 0.6 is 11.3 Å². The maximum atomic E-state index is 13.1. The first-order valence-electron chi connectivity index (χ1n) is 8.90. The minimum atomic E-state index is -0.466. The largest absolute Gasteiger partial charge is 0.464 e. The van der Waals surface area contributed by atoms with Crippen molar-refractivity contribution in [2.24, 2.45) is 0 Å². The van der Waals surface area contributed by atoms with Gasteiger partial charge < -0.3 is 14.2 Å². The molecule has 0 fully saturated rings. The lowest BCUT2D eigenvalue weighted by atomic mass is 10.0. The van der Waals surface area contributed by atoms with E-state index in [-0.39, 0.29) is 24.3 Å². The van der Waals surface area contributed by atoms with Crippen molar-refractivity contribution in [3.8, 4) is 0 Å². The second-order valence-corrected chi connectivity index (χ2v) is 7.54. The molecule has 2 aromatic rings. The molecule has 0 bridgehead atoms. The fourth-order valence-corrected chi connectivity index (χ4v) is 4.00. The molecule has 0 spiro atoms. The van der Waals surface area contributed by atoms with Crippen LogP contribution in [0.2, 0.25) is 0 Å². The Kier molecular flexibility index (Phi) is 6.59. The Bertz CT molecular complexity index is 850. The van der Waals surface area contributed by atoms with E-state index in [9.17, 15) is 14.4 Å². The molecule has 0 saturated carbocycles. The van der Waals surface area contributed by atoms with Crippen molar-refractivity contribution in [1.29, 1.82) is 0 Å². The number of methoxy groups -OCH3 is 1. The van der Waals surface area contributed by atoms with Gasteiger partial charge in [-0.1, -0.05) is 6.07 Å². The maximum absolute atomic E-state index is 13.1. The summed E-state index contributed by atoms with van der Waals surface area (Å²) in [6.07, 6.45) is 0. The Morgan fingerprint density at radius 3 is 2.41 bits per heavy atom. The topological polar surface area (TPSA) is 68.6 Å². The number of amides is 1. The number of Topliss-reactive ketones (excluding diaryl/α,β-unsaturated/α-hetero) is 1. The highest BCUT2D eigenvalue weighted by Gasteiger charge is 2.29. The minimum absolute atomic E-state index is 0.0373. The molecule has 0 atom stereocenters. The van der Waals surface area contributed by atoms with Crippen molar-refractivity contribution in [3.05, 3.63) is 44.9 Å². The van der Waals surface area contributed by atoms with Crippen LogP contribution in [0.25, 0.3) is 0 Å². The van der Waals surface area contributed by atoms with E-state index >= 15 is 0 Å². The van der Waals surface area contributed by atoms with Gasteiger partial charge in [0, 0.05) is 23.8 Å². The molecule has 27 heavy (non-hydrogen) atoms. The molecule has 2 aromatic heterocycles. The number of hydrogen-bond donors (Lipinski definition) is 0. The van der Waals surface area contributed by atoms with Crippen molar-refractivity contribution in [2.75, 3.05) is 13.7 Å². The zero-order chi connectivity index (χ0) is 20.3. The summed E-state index contributed by atoms with van der Waals surface area (Å²) in [5, 5.41) is 1.84. The molecule has 0 N–H and O–H groups in total. The number of carbonyl (C=O) groups is 3. The van der Waals surface area contributed by atoms with E-state index in [4.69, 9.17) is 4.74 Å². The molecule has 0 unspecified atom stereocenters. The molecule has 0 radical (unpaired) electrons. The molecule has 2 heterocycles. The van der Waals surface area contributed by atoms with Crippen LogP contribution in [0, 0.1) is 13.8 Å². The third kappa shape index (κ3) is 3.98. The molecule has 0 saturated heterocycles. The average molecular weight is 391 g/mol. The van der Waals surface area contributed by atoms with Crippen LogP contribution in [0.1, 0.15) is 62.5 Å². The van der Waals surface area contributed by atoms with Gasteiger partial charge in [0.2, 0.25) is 0 Å². The lowest BCUT2D eigenvalue weighted by Gasteiger charge is -2.25. The Morgan fingerprint density at radius 1 is 1.26 bits per heavy atom. The zero-order valence-corrected chi connectivity index (χ0v) is 17.5. The van der Waals surface area contributed by atoms with Gasteiger partial charge in [-0.05, 0) is 51.6 Å². The van der Waals surface area contributed by atoms with Crippen molar-refractivity contribution in [3.63, 3.8) is 0 Å². The van der Waals surface area contributed by atoms with E-state index in [0.29, 0.717) is 33.9 Å². The summed E-state index contributed by atoms with van der Waals surface area (Å²) in [5.41, 5.74) is 2.19. The number of carbonyl (C=O) groups excluding carboxylic acids is 3. The summed E-state index contributed by atoms with van der Waals surface area (Å²) >= 11 is 1.36. The highest BCUT2D eigenvalue weighted by molar-refractivity contribution is 7.12. The molecular weight excluding hydrogens is 364 g/mol. The van der Waals surface area contributed by atoms with Gasteiger partial charge in [-0.15, -0.1) is 11.3 Å². The van der Waals surface area contributed by atoms with Crippen LogP contribution in [-0.2, 0) is 11.3 Å². The first-order chi connectivity index (χ1) is 12.7. The van der Waals surface area contributed by atoms with Gasteiger partial charge in [0.1, 0.15) is 5.69 Å². The average Bonchev–Trinajstić information content (AvgIpc) is 3.24. The number of ether oxygens (including phenoxy) is 1. The van der Waals surface area contributed by atoms with Gasteiger partial charge >= 0.3 is 5.97 Å². The quantitative estimate of drug-likeness (QED) is 0.534. The van der Waals surface area contributed by atoms with Crippen LogP contribution < -0.4 is 0 Å². The number of rotatable bonds is 7. The van der Waals surface area contributed by atoms with E-state index in [2.05, 4.69) is 0 Å². The van der Waals surface area contributed by atoms with Crippen LogP contribution in [0.4, 0.5) is 0 Å². The molecule has 146 valence electrons. The molecule has 7 heteroatoms. The minimum Gasteiger partial charge on any atom is -0.464 e. The van der Waals surface area contributed by atoms with Gasteiger partial charge in [0.05, 0.1) is 18.5 Å². The van der Waals surface area contributed by atoms with Crippen molar-refractivity contribution >= 4 is 29.0 Å². The van der Waals surface area contributed by atoms with Gasteiger partial charge in [-0.25, -0.2) is 4.79 Å². The third-order valence-corrected chi connectivity index (χ3v) is 5.53. The molecule has 2 rings (SSSR count). The molecule has 0 aliphatic rings. The summed E-state index contributed by atoms with van der Waals surface area (Å²) in [5.74, 6) is -0.806. The maximum Gasteiger partial charge on any atom is 0.354 e. The van der Waals surface area contributed by atoms with Crippen LogP contribution in [0.15, 0.2) is 17.5 Å². The first-order valence-corrected chi connectivity index (χ1v) is 9.78. The summed E-state index contributed by atoms with van der Waals surface area (Å²) in [6, 6.07) is 3.44. The van der Waals surface area contributed by atoms with E-state index < -0.39 is 5.97 Å². The number of ketones is 1. The second kappa shape index (κ2) is 8.52. The second-order valence-electron chi connectivity index (χ2n) is 6.60. The normalized spacial score (nSPS) is 10.9. The summed E-state index contributed by atoms with van der Waals surface area (Å²) < 4.78 is 6.67. The van der Waals surface area contributed by atoms with Crippen molar-refractivity contribution in [2.45, 2.75) is 47.2 Å². The monoisotopic (exact) mass is 390 g/mol. The van der Waals surface area contributed by atoms with Gasteiger partial charge in [-0.3, -0.25) is 9.59 Å². The van der Waals surface area contributed by atoms with Crippen LogP contribution in [0.5, 0.6) is 0 Å². The molecule has 6 nitrogen and oxygen atoms in total. The van der Waals surface area contributed by atoms with E-state index in [0.717, 1.165) is 0 Å². The number of thiophene rings is 1. The number of esters is 1. The Balaban J connectivity index is 2.40. The summed E-state index contributed by atoms with van der Waals surface area (Å²) in [7, 11) is 1.33. The highest BCUT2D eigenvalue weighted by atomic mass is 32.1. The van der Waals surface area contributed by atoms with Gasteiger partial charge in [-0.2, -0.15) is 0 Å². The number of hydrogen-bond acceptors (Lipinski definition) is 5. The lowest BCUT2D eigenvalue weighted by molar-refractivity contribution is 0.0587. The lowest BCUT2D eigenvalue weighted by Crippen LogP contribution is -2.40. The smallest absolute Gasteiger partial charge is 0.354 e. The van der Waals surface area contributed by atoms with E-state index in [1.165, 1.54) is 18.4 Å². The Hall–Kier alpha value is -2.41. The van der Waals surface area contributed by atoms with E-state index in [1.807, 2.05) is 39.1 Å². The Morgan fingerprint density at radius 2 is 1.93 bits per heavy atom. The highest BCUT2D eigenvalue weighted by Crippen LogP contribution is 2.25. The fourth-order valence-electron chi connectivity index (χ4n) is 3.33. The molecule has 0 aromatic carbocycles. The summed E-state index contributed by atoms with van der Waals surface area (Å²) in [6.45, 7) is 9.76. The molecule has 1 amide bonds. The van der Waals surface area contributed by atoms with Crippen molar-refractivity contribution < 1.29 is 19.1 Å². The summed E-state index contributed by atoms with van der Waals surface area (Å²) in [4.78, 5) is 40.2. The predicted octanol–water partition coefficient (Wildman–Crippen LogP) is 3.71.